The summed E-state index contributed by atoms with van der Waals surface area (Å²) in [6.07, 6.45) is 0.817. The van der Waals surface area contributed by atoms with Crippen molar-refractivity contribution in [3.63, 3.8) is 0 Å². The van der Waals surface area contributed by atoms with Crippen molar-refractivity contribution in [2.24, 2.45) is 5.84 Å². The van der Waals surface area contributed by atoms with Crippen LogP contribution >= 0.6 is 11.6 Å². The number of ether oxygens (including phenoxy) is 1. The van der Waals surface area contributed by atoms with Crippen LogP contribution in [0.5, 0.6) is 5.75 Å². The minimum atomic E-state index is 0.0525. The van der Waals surface area contributed by atoms with Crippen molar-refractivity contribution < 1.29 is 4.74 Å². The summed E-state index contributed by atoms with van der Waals surface area (Å²) in [4.78, 5) is 0. The van der Waals surface area contributed by atoms with Gasteiger partial charge in [0.1, 0.15) is 12.4 Å². The molecule has 0 aromatic heterocycles. The molecule has 0 aliphatic rings. The highest BCUT2D eigenvalue weighted by Gasteiger charge is 2.09. The molecule has 0 aliphatic carbocycles. The zero-order valence-corrected chi connectivity index (χ0v) is 12.2. The van der Waals surface area contributed by atoms with Crippen LogP contribution < -0.4 is 16.0 Å². The van der Waals surface area contributed by atoms with Crippen molar-refractivity contribution >= 4 is 11.6 Å². The summed E-state index contributed by atoms with van der Waals surface area (Å²) >= 11 is 5.92. The van der Waals surface area contributed by atoms with Crippen LogP contribution in [0.15, 0.2) is 48.5 Å². The minimum Gasteiger partial charge on any atom is -0.492 e. The second-order valence-corrected chi connectivity index (χ2v) is 5.26. The Hall–Kier alpha value is -1.55. The third-order valence-corrected chi connectivity index (χ3v) is 3.32. The minimum absolute atomic E-state index is 0.0525. The Labute approximate surface area is 124 Å². The number of hydrazine groups is 1. The number of rotatable bonds is 6. The summed E-state index contributed by atoms with van der Waals surface area (Å²) in [5.74, 6) is 6.34. The maximum atomic E-state index is 5.92. The molecule has 0 amide bonds. The Morgan fingerprint density at radius 1 is 1.20 bits per heavy atom. The van der Waals surface area contributed by atoms with Gasteiger partial charge in [-0.05, 0) is 37.1 Å². The average Bonchev–Trinajstić information content (AvgIpc) is 2.45. The molecule has 3 N–H and O–H groups in total. The first-order valence-corrected chi connectivity index (χ1v) is 6.95. The van der Waals surface area contributed by atoms with Gasteiger partial charge in [-0.1, -0.05) is 47.5 Å². The number of nitrogens with one attached hydrogen (secondary N) is 1. The Bertz CT molecular complexity index is 542. The molecule has 0 saturated heterocycles. The summed E-state index contributed by atoms with van der Waals surface area (Å²) in [7, 11) is 0. The van der Waals surface area contributed by atoms with Gasteiger partial charge in [-0.15, -0.1) is 0 Å². The van der Waals surface area contributed by atoms with Crippen molar-refractivity contribution in [1.29, 1.82) is 0 Å². The molecule has 0 fully saturated rings. The fourth-order valence-corrected chi connectivity index (χ4v) is 2.11. The molecular formula is C16H19ClN2O. The summed E-state index contributed by atoms with van der Waals surface area (Å²) in [5, 5.41) is 0.665. The van der Waals surface area contributed by atoms with E-state index in [0.717, 1.165) is 12.2 Å². The molecule has 4 heteroatoms. The lowest BCUT2D eigenvalue weighted by Gasteiger charge is -2.17. The van der Waals surface area contributed by atoms with Gasteiger partial charge in [0.05, 0.1) is 6.04 Å². The smallest absolute Gasteiger partial charge is 0.120 e. The molecule has 0 heterocycles. The molecule has 0 radical (unpaired) electrons. The molecule has 2 rings (SSSR count). The van der Waals surface area contributed by atoms with E-state index in [2.05, 4.69) is 36.6 Å². The van der Waals surface area contributed by atoms with Crippen molar-refractivity contribution in [1.82, 2.24) is 5.43 Å². The molecule has 0 spiro atoms. The first kappa shape index (κ1) is 14.9. The Kier molecular flexibility index (Phi) is 5.41. The SMILES string of the molecule is Cc1ccc(CC(COc2cccc(Cl)c2)NN)cc1. The lowest BCUT2D eigenvalue weighted by molar-refractivity contribution is 0.264. The molecule has 0 aliphatic heterocycles. The van der Waals surface area contributed by atoms with Crippen molar-refractivity contribution in [2.75, 3.05) is 6.61 Å². The average molecular weight is 291 g/mol. The van der Waals surface area contributed by atoms with Gasteiger partial charge in [-0.2, -0.15) is 0 Å². The molecule has 2 aromatic carbocycles. The van der Waals surface area contributed by atoms with Gasteiger partial charge in [0.15, 0.2) is 0 Å². The predicted molar refractivity (Wildman–Crippen MR) is 82.9 cm³/mol. The standard InChI is InChI=1S/C16H19ClN2O/c1-12-5-7-13(8-6-12)9-15(19-18)11-20-16-4-2-3-14(17)10-16/h2-8,10,15,19H,9,11,18H2,1H3. The lowest BCUT2D eigenvalue weighted by atomic mass is 10.1. The van der Waals surface area contributed by atoms with E-state index in [1.54, 1.807) is 6.07 Å². The lowest BCUT2D eigenvalue weighted by Crippen LogP contribution is -2.41. The third kappa shape index (κ3) is 4.53. The summed E-state index contributed by atoms with van der Waals surface area (Å²) < 4.78 is 5.71. The maximum absolute atomic E-state index is 5.92. The van der Waals surface area contributed by atoms with Gasteiger partial charge in [-0.3, -0.25) is 11.3 Å². The van der Waals surface area contributed by atoms with Gasteiger partial charge >= 0.3 is 0 Å². The van der Waals surface area contributed by atoms with E-state index in [0.29, 0.717) is 11.6 Å². The van der Waals surface area contributed by atoms with Crippen molar-refractivity contribution in [3.05, 3.63) is 64.7 Å². The van der Waals surface area contributed by atoms with E-state index in [1.165, 1.54) is 11.1 Å². The quantitative estimate of drug-likeness (QED) is 0.635. The number of nitrogens with two attached hydrogens (primary N) is 1. The van der Waals surface area contributed by atoms with Gasteiger partial charge in [-0.25, -0.2) is 0 Å². The van der Waals surface area contributed by atoms with Crippen LogP contribution in [-0.2, 0) is 6.42 Å². The maximum Gasteiger partial charge on any atom is 0.120 e. The number of hydrogen-bond acceptors (Lipinski definition) is 3. The van der Waals surface area contributed by atoms with E-state index >= 15 is 0 Å². The van der Waals surface area contributed by atoms with Crippen LogP contribution in [-0.4, -0.2) is 12.6 Å². The third-order valence-electron chi connectivity index (χ3n) is 3.09. The second kappa shape index (κ2) is 7.29. The molecule has 20 heavy (non-hydrogen) atoms. The Morgan fingerprint density at radius 3 is 2.60 bits per heavy atom. The van der Waals surface area contributed by atoms with Gasteiger partial charge < -0.3 is 4.74 Å². The van der Waals surface area contributed by atoms with Crippen LogP contribution in [0.3, 0.4) is 0 Å². The zero-order chi connectivity index (χ0) is 14.4. The molecule has 2 aromatic rings. The highest BCUT2D eigenvalue weighted by Crippen LogP contribution is 2.17. The summed E-state index contributed by atoms with van der Waals surface area (Å²) in [6, 6.07) is 15.8. The van der Waals surface area contributed by atoms with Gasteiger partial charge in [0.25, 0.3) is 0 Å². The highest BCUT2D eigenvalue weighted by atomic mass is 35.5. The van der Waals surface area contributed by atoms with Gasteiger partial charge in [0.2, 0.25) is 0 Å². The zero-order valence-electron chi connectivity index (χ0n) is 11.5. The van der Waals surface area contributed by atoms with E-state index < -0.39 is 0 Å². The molecule has 106 valence electrons. The summed E-state index contributed by atoms with van der Waals surface area (Å²) in [5.41, 5.74) is 5.27. The van der Waals surface area contributed by atoms with Crippen LogP contribution in [0, 0.1) is 6.92 Å². The van der Waals surface area contributed by atoms with E-state index in [4.69, 9.17) is 22.2 Å². The molecule has 3 nitrogen and oxygen atoms in total. The normalized spacial score (nSPS) is 12.2. The predicted octanol–water partition coefficient (Wildman–Crippen LogP) is 3.10. The first-order valence-electron chi connectivity index (χ1n) is 6.57. The Morgan fingerprint density at radius 2 is 1.95 bits per heavy atom. The van der Waals surface area contributed by atoms with Crippen LogP contribution in [0.4, 0.5) is 0 Å². The van der Waals surface area contributed by atoms with Crippen molar-refractivity contribution in [2.45, 2.75) is 19.4 Å². The topological polar surface area (TPSA) is 47.3 Å². The first-order chi connectivity index (χ1) is 9.67. The summed E-state index contributed by atoms with van der Waals surface area (Å²) in [6.45, 7) is 2.56. The van der Waals surface area contributed by atoms with E-state index in [1.807, 2.05) is 18.2 Å². The number of hydrogen-bond donors (Lipinski definition) is 2. The van der Waals surface area contributed by atoms with E-state index in [9.17, 15) is 0 Å². The molecule has 0 saturated carbocycles. The van der Waals surface area contributed by atoms with Crippen LogP contribution in [0.2, 0.25) is 5.02 Å². The Balaban J connectivity index is 1.90. The van der Waals surface area contributed by atoms with Crippen molar-refractivity contribution in [3.8, 4) is 5.75 Å². The van der Waals surface area contributed by atoms with E-state index in [-0.39, 0.29) is 6.04 Å². The fourth-order valence-electron chi connectivity index (χ4n) is 1.93. The van der Waals surface area contributed by atoms with Crippen LogP contribution in [0.25, 0.3) is 0 Å². The van der Waals surface area contributed by atoms with Crippen LogP contribution in [0.1, 0.15) is 11.1 Å². The monoisotopic (exact) mass is 290 g/mol. The number of benzene rings is 2. The second-order valence-electron chi connectivity index (χ2n) is 4.82. The number of halogens is 1. The largest absolute Gasteiger partial charge is 0.492 e. The molecular weight excluding hydrogens is 272 g/mol. The fraction of sp³-hybridized carbons (Fsp3) is 0.250. The number of aryl methyl sites for hydroxylation is 1. The molecule has 1 unspecified atom stereocenters. The highest BCUT2D eigenvalue weighted by molar-refractivity contribution is 6.30. The van der Waals surface area contributed by atoms with Gasteiger partial charge in [0, 0.05) is 5.02 Å². The molecule has 1 atom stereocenters. The molecule has 0 bridgehead atoms.